The summed E-state index contributed by atoms with van der Waals surface area (Å²) in [6.45, 7) is 3.12. The van der Waals surface area contributed by atoms with Crippen LogP contribution in [0.1, 0.15) is 24.0 Å². The van der Waals surface area contributed by atoms with Crippen LogP contribution in [-0.2, 0) is 6.54 Å². The summed E-state index contributed by atoms with van der Waals surface area (Å²) in [4.78, 5) is 0. The van der Waals surface area contributed by atoms with Crippen molar-refractivity contribution in [3.8, 4) is 0 Å². The lowest BCUT2D eigenvalue weighted by molar-refractivity contribution is 0.687. The third kappa shape index (κ3) is 2.55. The van der Waals surface area contributed by atoms with E-state index in [4.69, 9.17) is 0 Å². The standard InChI is InChI=1S/C11H14BrN/c1-8-2-3-9(6-11(8)12)7-13-10-4-5-10/h2-3,6,10,13H,4-5,7H2,1H3. The second kappa shape index (κ2) is 3.81. The summed E-state index contributed by atoms with van der Waals surface area (Å²) < 4.78 is 1.21. The Kier molecular flexibility index (Phi) is 2.70. The SMILES string of the molecule is Cc1ccc(CNC2CC2)cc1Br. The van der Waals surface area contributed by atoms with Crippen LogP contribution in [-0.4, -0.2) is 6.04 Å². The molecule has 0 unspecified atom stereocenters. The van der Waals surface area contributed by atoms with Crippen molar-refractivity contribution in [1.29, 1.82) is 0 Å². The van der Waals surface area contributed by atoms with Gasteiger partial charge >= 0.3 is 0 Å². The van der Waals surface area contributed by atoms with Gasteiger partial charge in [-0.05, 0) is 37.0 Å². The first-order chi connectivity index (χ1) is 6.25. The van der Waals surface area contributed by atoms with Crippen molar-refractivity contribution in [2.75, 3.05) is 0 Å². The first-order valence-electron chi connectivity index (χ1n) is 4.74. The van der Waals surface area contributed by atoms with Crippen LogP contribution in [0.5, 0.6) is 0 Å². The van der Waals surface area contributed by atoms with Gasteiger partial charge in [-0.25, -0.2) is 0 Å². The van der Waals surface area contributed by atoms with Crippen molar-refractivity contribution in [2.45, 2.75) is 32.4 Å². The Labute approximate surface area is 87.7 Å². The minimum atomic E-state index is 0.792. The summed E-state index contributed by atoms with van der Waals surface area (Å²) in [5.41, 5.74) is 2.67. The minimum absolute atomic E-state index is 0.792. The largest absolute Gasteiger partial charge is 0.310 e. The molecular formula is C11H14BrN. The van der Waals surface area contributed by atoms with Crippen LogP contribution >= 0.6 is 15.9 Å². The van der Waals surface area contributed by atoms with Gasteiger partial charge in [0.15, 0.2) is 0 Å². The van der Waals surface area contributed by atoms with Gasteiger partial charge < -0.3 is 5.32 Å². The van der Waals surface area contributed by atoms with Crippen LogP contribution in [0.25, 0.3) is 0 Å². The summed E-state index contributed by atoms with van der Waals surface area (Å²) in [5.74, 6) is 0. The third-order valence-electron chi connectivity index (χ3n) is 2.41. The Morgan fingerprint density at radius 1 is 1.46 bits per heavy atom. The molecule has 1 fully saturated rings. The van der Waals surface area contributed by atoms with E-state index >= 15 is 0 Å². The van der Waals surface area contributed by atoms with Gasteiger partial charge in [-0.15, -0.1) is 0 Å². The first-order valence-corrected chi connectivity index (χ1v) is 5.53. The molecule has 1 N–H and O–H groups in total. The summed E-state index contributed by atoms with van der Waals surface area (Å²) in [5, 5.41) is 3.50. The average molecular weight is 240 g/mol. The molecule has 0 bridgehead atoms. The molecule has 0 heterocycles. The van der Waals surface area contributed by atoms with Gasteiger partial charge in [0, 0.05) is 17.1 Å². The second-order valence-electron chi connectivity index (χ2n) is 3.74. The van der Waals surface area contributed by atoms with E-state index in [-0.39, 0.29) is 0 Å². The Morgan fingerprint density at radius 3 is 2.85 bits per heavy atom. The van der Waals surface area contributed by atoms with Gasteiger partial charge in [-0.3, -0.25) is 0 Å². The molecule has 0 saturated heterocycles. The lowest BCUT2D eigenvalue weighted by Gasteiger charge is -2.04. The number of aryl methyl sites for hydroxylation is 1. The first kappa shape index (κ1) is 9.22. The number of rotatable bonds is 3. The van der Waals surface area contributed by atoms with Gasteiger partial charge in [0.2, 0.25) is 0 Å². The molecule has 1 aliphatic carbocycles. The monoisotopic (exact) mass is 239 g/mol. The maximum atomic E-state index is 3.54. The number of nitrogens with one attached hydrogen (secondary N) is 1. The van der Waals surface area contributed by atoms with E-state index in [1.165, 1.54) is 28.4 Å². The molecule has 2 rings (SSSR count). The van der Waals surface area contributed by atoms with Crippen molar-refractivity contribution < 1.29 is 0 Å². The van der Waals surface area contributed by atoms with E-state index in [0.717, 1.165) is 12.6 Å². The highest BCUT2D eigenvalue weighted by molar-refractivity contribution is 9.10. The van der Waals surface area contributed by atoms with E-state index < -0.39 is 0 Å². The van der Waals surface area contributed by atoms with Gasteiger partial charge in [-0.2, -0.15) is 0 Å². The van der Waals surface area contributed by atoms with Crippen LogP contribution in [0.3, 0.4) is 0 Å². The predicted molar refractivity (Wildman–Crippen MR) is 58.7 cm³/mol. The lowest BCUT2D eigenvalue weighted by atomic mass is 10.1. The van der Waals surface area contributed by atoms with Crippen LogP contribution in [0, 0.1) is 6.92 Å². The Bertz CT molecular complexity index is 305. The van der Waals surface area contributed by atoms with E-state index in [0.29, 0.717) is 0 Å². The van der Waals surface area contributed by atoms with Crippen molar-refractivity contribution in [1.82, 2.24) is 5.32 Å². The maximum Gasteiger partial charge on any atom is 0.0208 e. The van der Waals surface area contributed by atoms with E-state index in [2.05, 4.69) is 46.4 Å². The zero-order valence-corrected chi connectivity index (χ0v) is 9.39. The quantitative estimate of drug-likeness (QED) is 0.856. The molecule has 0 amide bonds. The Balaban J connectivity index is 1.98. The van der Waals surface area contributed by atoms with Crippen molar-refractivity contribution in [3.63, 3.8) is 0 Å². The molecule has 70 valence electrons. The fourth-order valence-electron chi connectivity index (χ4n) is 1.30. The van der Waals surface area contributed by atoms with E-state index in [1.54, 1.807) is 0 Å². The second-order valence-corrected chi connectivity index (χ2v) is 4.59. The summed E-state index contributed by atoms with van der Waals surface area (Å²) in [6.07, 6.45) is 2.71. The van der Waals surface area contributed by atoms with Crippen molar-refractivity contribution in [3.05, 3.63) is 33.8 Å². The lowest BCUT2D eigenvalue weighted by Crippen LogP contribution is -2.15. The zero-order chi connectivity index (χ0) is 9.26. The smallest absolute Gasteiger partial charge is 0.0208 e. The molecule has 0 atom stereocenters. The highest BCUT2D eigenvalue weighted by Gasteiger charge is 2.19. The molecule has 1 aliphatic rings. The average Bonchev–Trinajstić information content (AvgIpc) is 2.91. The summed E-state index contributed by atoms with van der Waals surface area (Å²) in [6, 6.07) is 7.34. The highest BCUT2D eigenvalue weighted by Crippen LogP contribution is 2.21. The number of hydrogen-bond acceptors (Lipinski definition) is 1. The van der Waals surface area contributed by atoms with E-state index in [9.17, 15) is 0 Å². The molecule has 1 aromatic rings. The van der Waals surface area contributed by atoms with Gasteiger partial charge in [0.05, 0.1) is 0 Å². The molecule has 1 aromatic carbocycles. The van der Waals surface area contributed by atoms with Gasteiger partial charge in [-0.1, -0.05) is 28.1 Å². The normalized spacial score (nSPS) is 16.2. The molecule has 0 spiro atoms. The number of hydrogen-bond donors (Lipinski definition) is 1. The number of halogens is 1. The van der Waals surface area contributed by atoms with Crippen LogP contribution in [0.4, 0.5) is 0 Å². The zero-order valence-electron chi connectivity index (χ0n) is 7.81. The fourth-order valence-corrected chi connectivity index (χ4v) is 1.72. The molecule has 1 saturated carbocycles. The predicted octanol–water partition coefficient (Wildman–Crippen LogP) is 3.01. The van der Waals surface area contributed by atoms with Gasteiger partial charge in [0.25, 0.3) is 0 Å². The summed E-state index contributed by atoms with van der Waals surface area (Å²) >= 11 is 3.54. The van der Waals surface area contributed by atoms with Crippen molar-refractivity contribution >= 4 is 15.9 Å². The van der Waals surface area contributed by atoms with Gasteiger partial charge in [0.1, 0.15) is 0 Å². The van der Waals surface area contributed by atoms with Crippen LogP contribution in [0.15, 0.2) is 22.7 Å². The molecule has 1 nitrogen and oxygen atoms in total. The molecule has 0 aliphatic heterocycles. The molecule has 2 heteroatoms. The molecule has 0 radical (unpaired) electrons. The molecular weight excluding hydrogens is 226 g/mol. The fraction of sp³-hybridized carbons (Fsp3) is 0.455. The van der Waals surface area contributed by atoms with Crippen LogP contribution in [0.2, 0.25) is 0 Å². The summed E-state index contributed by atoms with van der Waals surface area (Å²) in [7, 11) is 0. The highest BCUT2D eigenvalue weighted by atomic mass is 79.9. The molecule has 0 aromatic heterocycles. The third-order valence-corrected chi connectivity index (χ3v) is 3.26. The number of benzene rings is 1. The van der Waals surface area contributed by atoms with Crippen molar-refractivity contribution in [2.24, 2.45) is 0 Å². The maximum absolute atomic E-state index is 3.54. The van der Waals surface area contributed by atoms with E-state index in [1.807, 2.05) is 0 Å². The Morgan fingerprint density at radius 2 is 2.23 bits per heavy atom. The minimum Gasteiger partial charge on any atom is -0.310 e. The topological polar surface area (TPSA) is 12.0 Å². The van der Waals surface area contributed by atoms with Crippen LogP contribution < -0.4 is 5.32 Å². The molecule has 13 heavy (non-hydrogen) atoms. The Hall–Kier alpha value is -0.340.